The predicted octanol–water partition coefficient (Wildman–Crippen LogP) is 9.57. The SMILES string of the molecule is N=C(N=C(N=Cc1ccccc1)c1ccc(-n2c3ccccc3c3ccc4c5ccccc5oc4c32)cc1)c1ccccc1. The van der Waals surface area contributed by atoms with Crippen molar-refractivity contribution in [2.24, 2.45) is 9.98 Å². The molecule has 5 heteroatoms. The Morgan fingerprint density at radius 1 is 0.591 bits per heavy atom. The first-order valence-electron chi connectivity index (χ1n) is 14.5. The Balaban J connectivity index is 1.28. The van der Waals surface area contributed by atoms with Gasteiger partial charge in [0.2, 0.25) is 0 Å². The fraction of sp³-hybridized carbons (Fsp3) is 0. The van der Waals surface area contributed by atoms with Crippen LogP contribution in [0.3, 0.4) is 0 Å². The van der Waals surface area contributed by atoms with E-state index in [2.05, 4.69) is 64.2 Å². The van der Waals surface area contributed by atoms with Gasteiger partial charge in [-0.15, -0.1) is 0 Å². The molecule has 0 spiro atoms. The molecule has 0 saturated heterocycles. The number of fused-ring (bicyclic) bond motifs is 7. The number of hydrogen-bond donors (Lipinski definition) is 1. The lowest BCUT2D eigenvalue weighted by Gasteiger charge is -2.10. The molecule has 0 atom stereocenters. The fourth-order valence-corrected chi connectivity index (χ4v) is 5.87. The van der Waals surface area contributed by atoms with Gasteiger partial charge in [-0.1, -0.05) is 103 Å². The molecule has 0 radical (unpaired) electrons. The van der Waals surface area contributed by atoms with E-state index in [-0.39, 0.29) is 5.84 Å². The number of benzene rings is 6. The van der Waals surface area contributed by atoms with Crippen LogP contribution >= 0.6 is 0 Å². The molecular weight excluding hydrogens is 540 g/mol. The molecule has 2 heterocycles. The number of rotatable bonds is 4. The molecular formula is C39H26N4O. The average molecular weight is 567 g/mol. The van der Waals surface area contributed by atoms with E-state index >= 15 is 0 Å². The third kappa shape index (κ3) is 4.39. The number of aliphatic imine (C=N–C) groups is 2. The molecule has 2 aromatic heterocycles. The fourth-order valence-electron chi connectivity index (χ4n) is 5.87. The minimum Gasteiger partial charge on any atom is -0.454 e. The lowest BCUT2D eigenvalue weighted by atomic mass is 10.1. The molecule has 0 fully saturated rings. The van der Waals surface area contributed by atoms with Gasteiger partial charge in [-0.2, -0.15) is 0 Å². The highest BCUT2D eigenvalue weighted by Crippen LogP contribution is 2.40. The van der Waals surface area contributed by atoms with Crippen molar-refractivity contribution in [3.8, 4) is 5.69 Å². The summed E-state index contributed by atoms with van der Waals surface area (Å²) in [5.41, 5.74) is 7.39. The van der Waals surface area contributed by atoms with E-state index in [4.69, 9.17) is 14.8 Å². The lowest BCUT2D eigenvalue weighted by Crippen LogP contribution is -2.05. The van der Waals surface area contributed by atoms with Gasteiger partial charge in [-0.3, -0.25) is 5.41 Å². The zero-order chi connectivity index (χ0) is 29.5. The molecule has 6 aromatic carbocycles. The molecule has 0 aliphatic carbocycles. The van der Waals surface area contributed by atoms with Crippen LogP contribution < -0.4 is 0 Å². The minimum atomic E-state index is 0.157. The van der Waals surface area contributed by atoms with Crippen LogP contribution in [0.4, 0.5) is 0 Å². The Morgan fingerprint density at radius 3 is 2.05 bits per heavy atom. The van der Waals surface area contributed by atoms with Gasteiger partial charge in [0.1, 0.15) is 5.58 Å². The third-order valence-corrected chi connectivity index (χ3v) is 7.96. The summed E-state index contributed by atoms with van der Waals surface area (Å²) in [5.74, 6) is 0.626. The maximum absolute atomic E-state index is 8.68. The molecule has 1 N–H and O–H groups in total. The smallest absolute Gasteiger partial charge is 0.161 e. The Kier molecular flexibility index (Phi) is 6.20. The van der Waals surface area contributed by atoms with Crippen LogP contribution in [0, 0.1) is 5.41 Å². The van der Waals surface area contributed by atoms with Crippen LogP contribution in [0.25, 0.3) is 49.4 Å². The Labute approximate surface area is 253 Å². The second kappa shape index (κ2) is 10.6. The van der Waals surface area contributed by atoms with Crippen molar-refractivity contribution in [3.63, 3.8) is 0 Å². The molecule has 5 nitrogen and oxygen atoms in total. The summed E-state index contributed by atoms with van der Waals surface area (Å²) in [5, 5.41) is 13.2. The summed E-state index contributed by atoms with van der Waals surface area (Å²) >= 11 is 0. The summed E-state index contributed by atoms with van der Waals surface area (Å²) in [6.45, 7) is 0. The van der Waals surface area contributed by atoms with Crippen molar-refractivity contribution < 1.29 is 4.42 Å². The molecule has 44 heavy (non-hydrogen) atoms. The zero-order valence-electron chi connectivity index (χ0n) is 23.7. The van der Waals surface area contributed by atoms with E-state index in [1.807, 2.05) is 91.0 Å². The van der Waals surface area contributed by atoms with E-state index in [0.29, 0.717) is 5.84 Å². The van der Waals surface area contributed by atoms with Crippen LogP contribution in [0.2, 0.25) is 0 Å². The summed E-state index contributed by atoms with van der Waals surface area (Å²) in [6.07, 6.45) is 1.79. The van der Waals surface area contributed by atoms with Gasteiger partial charge in [0.05, 0.1) is 11.0 Å². The van der Waals surface area contributed by atoms with Crippen LogP contribution in [0.15, 0.2) is 160 Å². The van der Waals surface area contributed by atoms with Crippen molar-refractivity contribution in [1.82, 2.24) is 4.57 Å². The Bertz CT molecular complexity index is 2380. The van der Waals surface area contributed by atoms with Gasteiger partial charge in [-0.25, -0.2) is 9.98 Å². The number of nitrogens with zero attached hydrogens (tertiary/aromatic N) is 3. The van der Waals surface area contributed by atoms with Gasteiger partial charge in [0, 0.05) is 44.6 Å². The van der Waals surface area contributed by atoms with Crippen LogP contribution in [0.5, 0.6) is 0 Å². The number of furan rings is 1. The Morgan fingerprint density at radius 2 is 1.25 bits per heavy atom. The molecule has 0 aliphatic heterocycles. The molecule has 0 amide bonds. The van der Waals surface area contributed by atoms with E-state index in [0.717, 1.165) is 60.7 Å². The molecule has 8 rings (SSSR count). The summed E-state index contributed by atoms with van der Waals surface area (Å²) in [7, 11) is 0. The molecule has 0 bridgehead atoms. The van der Waals surface area contributed by atoms with Crippen LogP contribution in [-0.4, -0.2) is 22.5 Å². The number of nitrogens with one attached hydrogen (secondary N) is 1. The first-order valence-corrected chi connectivity index (χ1v) is 14.5. The lowest BCUT2D eigenvalue weighted by molar-refractivity contribution is 0.671. The maximum atomic E-state index is 8.68. The van der Waals surface area contributed by atoms with Crippen molar-refractivity contribution in [2.45, 2.75) is 0 Å². The first-order chi connectivity index (χ1) is 21.7. The highest BCUT2D eigenvalue weighted by atomic mass is 16.3. The molecule has 0 unspecified atom stereocenters. The van der Waals surface area contributed by atoms with Gasteiger partial charge >= 0.3 is 0 Å². The molecule has 8 aromatic rings. The largest absolute Gasteiger partial charge is 0.454 e. The van der Waals surface area contributed by atoms with Gasteiger partial charge in [0.25, 0.3) is 0 Å². The normalized spacial score (nSPS) is 12.2. The van der Waals surface area contributed by atoms with E-state index in [1.165, 1.54) is 5.39 Å². The van der Waals surface area contributed by atoms with Crippen molar-refractivity contribution in [3.05, 3.63) is 162 Å². The molecule has 208 valence electrons. The summed E-state index contributed by atoms with van der Waals surface area (Å²) in [4.78, 5) is 9.42. The summed E-state index contributed by atoms with van der Waals surface area (Å²) in [6, 6.07) is 48.7. The molecule has 0 aliphatic rings. The quantitative estimate of drug-likeness (QED) is 0.167. The van der Waals surface area contributed by atoms with E-state index in [9.17, 15) is 0 Å². The van der Waals surface area contributed by atoms with Crippen molar-refractivity contribution in [2.75, 3.05) is 0 Å². The summed E-state index contributed by atoms with van der Waals surface area (Å²) < 4.78 is 8.77. The van der Waals surface area contributed by atoms with E-state index < -0.39 is 0 Å². The second-order valence-corrected chi connectivity index (χ2v) is 10.7. The standard InChI is InChI=1S/C39H26N4O/c40-38(27-13-5-2-6-14-27)42-39(41-25-26-11-3-1-4-12-26)28-19-21-29(22-20-28)43-34-17-9-7-15-30(34)32-23-24-33-31-16-8-10-18-35(31)44-37(33)36(32)43/h1-25,40H. The zero-order valence-corrected chi connectivity index (χ0v) is 23.7. The van der Waals surface area contributed by atoms with Gasteiger partial charge < -0.3 is 8.98 Å². The maximum Gasteiger partial charge on any atom is 0.161 e. The Hall–Kier alpha value is -6.07. The predicted molar refractivity (Wildman–Crippen MR) is 182 cm³/mol. The minimum absolute atomic E-state index is 0.157. The number of aromatic nitrogens is 1. The topological polar surface area (TPSA) is 66.6 Å². The highest BCUT2D eigenvalue weighted by molar-refractivity contribution is 6.21. The number of amidine groups is 2. The third-order valence-electron chi connectivity index (χ3n) is 7.96. The number of para-hydroxylation sites is 2. The van der Waals surface area contributed by atoms with Crippen LogP contribution in [0.1, 0.15) is 16.7 Å². The monoisotopic (exact) mass is 566 g/mol. The average Bonchev–Trinajstić information content (AvgIpc) is 3.64. The first kappa shape index (κ1) is 25.6. The highest BCUT2D eigenvalue weighted by Gasteiger charge is 2.19. The van der Waals surface area contributed by atoms with Gasteiger partial charge in [-0.05, 0) is 48.0 Å². The van der Waals surface area contributed by atoms with Crippen molar-refractivity contribution in [1.29, 1.82) is 5.41 Å². The van der Waals surface area contributed by atoms with Gasteiger partial charge in [0.15, 0.2) is 17.3 Å². The molecule has 0 saturated carbocycles. The second-order valence-electron chi connectivity index (χ2n) is 10.7. The van der Waals surface area contributed by atoms with Crippen molar-refractivity contribution >= 4 is 61.6 Å². The van der Waals surface area contributed by atoms with Crippen LogP contribution in [-0.2, 0) is 0 Å². The van der Waals surface area contributed by atoms with E-state index in [1.54, 1.807) is 6.21 Å². The number of hydrogen-bond acceptors (Lipinski definition) is 2.